The first-order valence-corrected chi connectivity index (χ1v) is 26.1. The van der Waals surface area contributed by atoms with Gasteiger partial charge in [-0.1, -0.05) is 95.3 Å². The van der Waals surface area contributed by atoms with Crippen LogP contribution in [0.2, 0.25) is 0 Å². The number of hydrogen-bond acceptors (Lipinski definition) is 14. The summed E-state index contributed by atoms with van der Waals surface area (Å²) in [5.41, 5.74) is 2.42. The second kappa shape index (κ2) is 22.6. The molecule has 4 aromatic carbocycles. The van der Waals surface area contributed by atoms with Gasteiger partial charge in [0.15, 0.2) is 22.9 Å². The number of hydrogen-bond donors (Lipinski definition) is 6. The predicted molar refractivity (Wildman–Crippen MR) is 303 cm³/mol. The summed E-state index contributed by atoms with van der Waals surface area (Å²) in [6, 6.07) is 20.0. The second-order valence-corrected chi connectivity index (χ2v) is 21.6. The number of benzene rings is 4. The molecule has 6 heterocycles. The molecule has 85 heavy (non-hydrogen) atoms. The van der Waals surface area contributed by atoms with Gasteiger partial charge in [0, 0.05) is 75.6 Å². The van der Waals surface area contributed by atoms with E-state index in [1.165, 1.54) is 30.5 Å². The van der Waals surface area contributed by atoms with Crippen molar-refractivity contribution in [1.82, 2.24) is 60.8 Å². The Hall–Kier alpha value is -10.6. The summed E-state index contributed by atoms with van der Waals surface area (Å²) in [6.45, 7) is 17.7. The Morgan fingerprint density at radius 3 is 1.59 bits per heavy atom. The smallest absolute Gasteiger partial charge is 0.344 e. The molecular weight excluding hydrogens is 1110 g/mol. The van der Waals surface area contributed by atoms with E-state index in [-0.39, 0.29) is 82.2 Å². The molecule has 432 valence electrons. The van der Waals surface area contributed by atoms with E-state index >= 15 is 8.78 Å². The molecule has 0 saturated heterocycles. The lowest BCUT2D eigenvalue weighted by molar-refractivity contribution is -0.137. The van der Waals surface area contributed by atoms with Crippen LogP contribution in [0.1, 0.15) is 103 Å². The maximum Gasteiger partial charge on any atom is 0.416 e. The Bertz CT molecular complexity index is 4320. The number of H-pyrrole nitrogens is 2. The lowest BCUT2D eigenvalue weighted by Gasteiger charge is -2.12. The van der Waals surface area contributed by atoms with Gasteiger partial charge in [-0.05, 0) is 83.4 Å². The third-order valence-corrected chi connectivity index (χ3v) is 13.3. The normalized spacial score (nSPS) is 11.9. The largest absolute Gasteiger partial charge is 0.416 e. The minimum atomic E-state index is -4.76. The van der Waals surface area contributed by atoms with Gasteiger partial charge in [0.2, 0.25) is 11.8 Å². The number of anilines is 2. The molecule has 0 aliphatic carbocycles. The lowest BCUT2D eigenvalue weighted by atomic mass is 9.96. The number of nitrogens with one attached hydrogen (secondary N) is 6. The van der Waals surface area contributed by atoms with Crippen molar-refractivity contribution in [3.05, 3.63) is 179 Å². The molecule has 6 N–H and O–H groups in total. The van der Waals surface area contributed by atoms with Gasteiger partial charge < -0.3 is 40.3 Å². The standard InChI is InChI=1S/C60H51F5N14O6/c1-9-44(80)70-42-22-29(11-17-37(42)48-72-46-36(19-20-66-50(46)74-48)30-12-14-32(40(61)23-30)27-67-52(82)54-76-56(78-84-54)58(3,4)5)21-35-26-39(31-13-15-33(41(62)24-31)28-68-53(83)55-77-57(79-85-55)59(6,7)8)47-51(69-35)75-49(73-47)38-18-16-34(60(63,64)65)25-43(38)71-45(81)10-2/h9-20,22-26H,1-2,21,27-28H2,3-8H3,(H,67,82)(H,68,83)(H,70,80)(H,71,81)(H,66,72,74)(H,69,73,75). The van der Waals surface area contributed by atoms with E-state index in [0.29, 0.717) is 61.9 Å². The van der Waals surface area contributed by atoms with E-state index in [4.69, 9.17) is 24.0 Å². The van der Waals surface area contributed by atoms with Gasteiger partial charge in [0.05, 0.1) is 16.9 Å². The summed E-state index contributed by atoms with van der Waals surface area (Å²) >= 11 is 0. The van der Waals surface area contributed by atoms with Gasteiger partial charge in [-0.15, -0.1) is 0 Å². The molecule has 4 amide bonds. The van der Waals surface area contributed by atoms with Crippen LogP contribution in [-0.2, 0) is 46.1 Å². The van der Waals surface area contributed by atoms with Crippen molar-refractivity contribution >= 4 is 57.3 Å². The molecule has 0 fully saturated rings. The van der Waals surface area contributed by atoms with Crippen LogP contribution >= 0.6 is 0 Å². The molecule has 0 aliphatic rings. The van der Waals surface area contributed by atoms with Crippen LogP contribution in [0.4, 0.5) is 33.3 Å². The minimum Gasteiger partial charge on any atom is -0.344 e. The average molecular weight is 1160 g/mol. The molecule has 0 bridgehead atoms. The molecule has 10 rings (SSSR count). The van der Waals surface area contributed by atoms with Crippen molar-refractivity contribution in [2.75, 3.05) is 10.6 Å². The van der Waals surface area contributed by atoms with Crippen LogP contribution in [0.15, 0.2) is 125 Å². The Morgan fingerprint density at radius 2 is 1.08 bits per heavy atom. The number of nitrogens with zero attached hydrogens (tertiary/aromatic N) is 8. The van der Waals surface area contributed by atoms with Crippen molar-refractivity contribution in [3.8, 4) is 45.0 Å². The van der Waals surface area contributed by atoms with E-state index in [1.807, 2.05) is 41.5 Å². The van der Waals surface area contributed by atoms with Crippen molar-refractivity contribution in [2.24, 2.45) is 0 Å². The molecule has 0 atom stereocenters. The average Bonchev–Trinajstić information content (AvgIpc) is 2.19. The van der Waals surface area contributed by atoms with E-state index in [1.54, 1.807) is 42.5 Å². The summed E-state index contributed by atoms with van der Waals surface area (Å²) < 4.78 is 84.2. The lowest BCUT2D eigenvalue weighted by Crippen LogP contribution is -2.24. The minimum absolute atomic E-state index is 0.00621. The maximum absolute atomic E-state index is 16.2. The number of fused-ring (bicyclic) bond motifs is 2. The summed E-state index contributed by atoms with van der Waals surface area (Å²) in [5, 5.41) is 18.2. The summed E-state index contributed by atoms with van der Waals surface area (Å²) in [5.74, 6) is -3.66. The fourth-order valence-electron chi connectivity index (χ4n) is 8.83. The SMILES string of the molecule is C=CC(=O)Nc1cc(Cc2cc(-c3ccc(CNC(=O)c4nc(C(C)(C)C)no4)c(F)c3)c3nc(-c4ccc(C(F)(F)F)cc4NC(=O)C=C)[nH]c3n2)ccc1-c1nc2c(-c3ccc(CNC(=O)c4nc(C(C)(C)C)no4)c(F)c3)ccnc2[nH]1. The van der Waals surface area contributed by atoms with Gasteiger partial charge in [0.25, 0.3) is 0 Å². The first kappa shape index (κ1) is 57.6. The van der Waals surface area contributed by atoms with Gasteiger partial charge in [0.1, 0.15) is 34.3 Å². The van der Waals surface area contributed by atoms with Crippen molar-refractivity contribution in [2.45, 2.75) is 78.1 Å². The Kier molecular flexibility index (Phi) is 15.3. The third-order valence-electron chi connectivity index (χ3n) is 13.3. The zero-order valence-corrected chi connectivity index (χ0v) is 46.3. The van der Waals surface area contributed by atoms with Crippen LogP contribution in [0, 0.1) is 11.6 Å². The molecule has 0 saturated carbocycles. The highest BCUT2D eigenvalue weighted by Crippen LogP contribution is 2.39. The zero-order valence-electron chi connectivity index (χ0n) is 46.3. The summed E-state index contributed by atoms with van der Waals surface area (Å²) in [4.78, 5) is 84.9. The Labute approximate surface area is 479 Å². The number of pyridine rings is 2. The van der Waals surface area contributed by atoms with Crippen molar-refractivity contribution < 1.29 is 50.2 Å². The highest BCUT2D eigenvalue weighted by Gasteiger charge is 2.32. The molecule has 0 aliphatic heterocycles. The number of amides is 4. The monoisotopic (exact) mass is 1160 g/mol. The fraction of sp³-hybridized carbons (Fsp3) is 0.200. The molecule has 6 aromatic heterocycles. The first-order valence-electron chi connectivity index (χ1n) is 26.1. The molecule has 0 spiro atoms. The quantitative estimate of drug-likeness (QED) is 0.0388. The Morgan fingerprint density at radius 1 is 0.576 bits per heavy atom. The predicted octanol–water partition coefficient (Wildman–Crippen LogP) is 11.3. The van der Waals surface area contributed by atoms with Crippen LogP contribution in [0.3, 0.4) is 0 Å². The fourth-order valence-corrected chi connectivity index (χ4v) is 8.83. The third kappa shape index (κ3) is 12.4. The van der Waals surface area contributed by atoms with Crippen molar-refractivity contribution in [1.29, 1.82) is 0 Å². The molecule has 10 aromatic rings. The topological polar surface area (TPSA) is 277 Å². The van der Waals surface area contributed by atoms with Gasteiger partial charge in [-0.3, -0.25) is 19.2 Å². The highest BCUT2D eigenvalue weighted by molar-refractivity contribution is 6.03. The number of alkyl halides is 3. The van der Waals surface area contributed by atoms with Gasteiger partial charge in [-0.2, -0.15) is 23.1 Å². The van der Waals surface area contributed by atoms with Crippen LogP contribution in [-0.4, -0.2) is 73.8 Å². The number of imidazole rings is 2. The summed E-state index contributed by atoms with van der Waals surface area (Å²) in [7, 11) is 0. The number of rotatable bonds is 16. The number of aromatic amines is 2. The molecule has 0 radical (unpaired) electrons. The van der Waals surface area contributed by atoms with Crippen LogP contribution < -0.4 is 21.3 Å². The zero-order chi connectivity index (χ0) is 60.7. The Balaban J connectivity index is 0.975. The summed E-state index contributed by atoms with van der Waals surface area (Å²) in [6.07, 6.45) is -1.18. The highest BCUT2D eigenvalue weighted by atomic mass is 19.4. The van der Waals surface area contributed by atoms with E-state index in [2.05, 4.69) is 69.7 Å². The van der Waals surface area contributed by atoms with Crippen LogP contribution in [0.5, 0.6) is 0 Å². The molecule has 20 nitrogen and oxygen atoms in total. The molecular formula is C60H51F5N14O6. The second-order valence-electron chi connectivity index (χ2n) is 21.6. The number of carbonyl (C=O) groups is 4. The molecule has 25 heteroatoms. The molecule has 0 unspecified atom stereocenters. The van der Waals surface area contributed by atoms with E-state index < -0.39 is 57.8 Å². The van der Waals surface area contributed by atoms with Crippen LogP contribution in [0.25, 0.3) is 67.4 Å². The van der Waals surface area contributed by atoms with Crippen molar-refractivity contribution in [3.63, 3.8) is 0 Å². The number of aromatic nitrogens is 10. The number of halogens is 5. The maximum atomic E-state index is 16.2. The van der Waals surface area contributed by atoms with Gasteiger partial charge in [-0.25, -0.2) is 28.7 Å². The number of carbonyl (C=O) groups excluding carboxylic acids is 4. The van der Waals surface area contributed by atoms with Gasteiger partial charge >= 0.3 is 29.8 Å². The van der Waals surface area contributed by atoms with E-state index in [9.17, 15) is 32.3 Å². The van der Waals surface area contributed by atoms with E-state index in [0.717, 1.165) is 30.4 Å². The first-order chi connectivity index (χ1) is 40.3.